The highest BCUT2D eigenvalue weighted by Crippen LogP contribution is 2.26. The summed E-state index contributed by atoms with van der Waals surface area (Å²) in [5.41, 5.74) is 6.61. The van der Waals surface area contributed by atoms with Crippen molar-refractivity contribution in [1.29, 1.82) is 0 Å². The number of amidine groups is 1. The number of hydrogen-bond donors (Lipinski definition) is 2. The number of ether oxygens (including phenoxy) is 1. The lowest BCUT2D eigenvalue weighted by Crippen LogP contribution is -2.48. The van der Waals surface area contributed by atoms with Gasteiger partial charge in [-0.2, -0.15) is 0 Å². The number of nitrogens with zero attached hydrogens (tertiary/aromatic N) is 3. The molecule has 0 aliphatic carbocycles. The van der Waals surface area contributed by atoms with E-state index in [0.717, 1.165) is 17.4 Å². The van der Waals surface area contributed by atoms with Gasteiger partial charge in [0.25, 0.3) is 0 Å². The van der Waals surface area contributed by atoms with Crippen LogP contribution in [0, 0.1) is 13.8 Å². The van der Waals surface area contributed by atoms with Crippen molar-refractivity contribution in [3.05, 3.63) is 10.6 Å². The largest absolute Gasteiger partial charge is 0.409 e. The van der Waals surface area contributed by atoms with E-state index in [-0.39, 0.29) is 11.9 Å². The van der Waals surface area contributed by atoms with E-state index in [9.17, 15) is 0 Å². The van der Waals surface area contributed by atoms with Gasteiger partial charge < -0.3 is 20.6 Å². The number of nitrogens with two attached hydrogens (primary N) is 1. The van der Waals surface area contributed by atoms with E-state index in [0.29, 0.717) is 13.2 Å². The fourth-order valence-corrected chi connectivity index (χ4v) is 2.60. The number of anilines is 1. The molecule has 0 amide bonds. The van der Waals surface area contributed by atoms with E-state index in [1.165, 1.54) is 4.88 Å². The highest BCUT2D eigenvalue weighted by molar-refractivity contribution is 7.15. The lowest BCUT2D eigenvalue weighted by molar-refractivity contribution is 0.0807. The zero-order valence-corrected chi connectivity index (χ0v) is 10.7. The molecule has 0 radical (unpaired) electrons. The quantitative estimate of drug-likeness (QED) is 0.352. The van der Waals surface area contributed by atoms with Gasteiger partial charge in [-0.15, -0.1) is 11.3 Å². The van der Waals surface area contributed by atoms with Crippen LogP contribution < -0.4 is 10.6 Å². The summed E-state index contributed by atoms with van der Waals surface area (Å²) in [6.07, 6.45) is -0.363. The van der Waals surface area contributed by atoms with E-state index in [4.69, 9.17) is 15.7 Å². The zero-order chi connectivity index (χ0) is 12.4. The van der Waals surface area contributed by atoms with Gasteiger partial charge in [-0.05, 0) is 13.8 Å². The number of oxime groups is 1. The molecule has 0 aromatic carbocycles. The van der Waals surface area contributed by atoms with Crippen LogP contribution in [0.15, 0.2) is 5.16 Å². The van der Waals surface area contributed by atoms with E-state index in [2.05, 4.69) is 22.0 Å². The summed E-state index contributed by atoms with van der Waals surface area (Å²) in [6, 6.07) is 0. The third-order valence-corrected chi connectivity index (χ3v) is 3.93. The summed E-state index contributed by atoms with van der Waals surface area (Å²) in [4.78, 5) is 7.82. The normalized spacial score (nSPS) is 21.9. The third kappa shape index (κ3) is 2.50. The van der Waals surface area contributed by atoms with Gasteiger partial charge in [0.15, 0.2) is 11.0 Å². The fraction of sp³-hybridized carbons (Fsp3) is 0.600. The van der Waals surface area contributed by atoms with E-state index < -0.39 is 0 Å². The Morgan fingerprint density at radius 1 is 1.65 bits per heavy atom. The Labute approximate surface area is 104 Å². The molecule has 0 saturated carbocycles. The Morgan fingerprint density at radius 2 is 2.41 bits per heavy atom. The van der Waals surface area contributed by atoms with Crippen LogP contribution in [0.1, 0.15) is 10.6 Å². The third-order valence-electron chi connectivity index (χ3n) is 2.80. The maximum Gasteiger partial charge on any atom is 0.185 e. The van der Waals surface area contributed by atoms with Gasteiger partial charge in [-0.1, -0.05) is 5.16 Å². The molecule has 1 fully saturated rings. The molecule has 6 nitrogen and oxygen atoms in total. The number of rotatable bonds is 2. The Hall–Kier alpha value is -1.34. The van der Waals surface area contributed by atoms with Crippen molar-refractivity contribution in [3.8, 4) is 0 Å². The molecule has 94 valence electrons. The van der Waals surface area contributed by atoms with Crippen molar-refractivity contribution in [3.63, 3.8) is 0 Å². The summed E-state index contributed by atoms with van der Waals surface area (Å²) < 4.78 is 5.44. The van der Waals surface area contributed by atoms with Gasteiger partial charge in [0.1, 0.15) is 6.10 Å². The first-order valence-electron chi connectivity index (χ1n) is 5.40. The lowest BCUT2D eigenvalue weighted by atomic mass is 10.2. The molecule has 7 heteroatoms. The number of thiazole rings is 1. The molecule has 1 unspecified atom stereocenters. The fourth-order valence-electron chi connectivity index (χ4n) is 1.66. The molecule has 1 saturated heterocycles. The minimum absolute atomic E-state index is 0.111. The number of aromatic nitrogens is 1. The summed E-state index contributed by atoms with van der Waals surface area (Å²) in [7, 11) is 0. The second-order valence-corrected chi connectivity index (χ2v) is 5.15. The van der Waals surface area contributed by atoms with Crippen molar-refractivity contribution >= 4 is 22.3 Å². The van der Waals surface area contributed by atoms with Crippen LogP contribution in [0.5, 0.6) is 0 Å². The molecule has 1 aromatic rings. The monoisotopic (exact) mass is 256 g/mol. The Morgan fingerprint density at radius 3 is 3.00 bits per heavy atom. The molecular weight excluding hydrogens is 240 g/mol. The average molecular weight is 256 g/mol. The van der Waals surface area contributed by atoms with Gasteiger partial charge in [0, 0.05) is 11.4 Å². The van der Waals surface area contributed by atoms with Gasteiger partial charge in [-0.3, -0.25) is 0 Å². The highest BCUT2D eigenvalue weighted by atomic mass is 32.1. The lowest BCUT2D eigenvalue weighted by Gasteiger charge is -2.31. The van der Waals surface area contributed by atoms with E-state index in [1.54, 1.807) is 11.3 Å². The Bertz CT molecular complexity index is 412. The highest BCUT2D eigenvalue weighted by Gasteiger charge is 2.25. The maximum absolute atomic E-state index is 8.64. The topological polar surface area (TPSA) is 84.0 Å². The van der Waals surface area contributed by atoms with Crippen LogP contribution in [0.3, 0.4) is 0 Å². The van der Waals surface area contributed by atoms with Crippen LogP contribution in [-0.4, -0.2) is 41.8 Å². The van der Waals surface area contributed by atoms with Crippen molar-refractivity contribution in [1.82, 2.24) is 4.98 Å². The molecule has 0 spiro atoms. The van der Waals surface area contributed by atoms with Gasteiger partial charge in [0.05, 0.1) is 18.8 Å². The van der Waals surface area contributed by atoms with Gasteiger partial charge in [-0.25, -0.2) is 4.98 Å². The number of aryl methyl sites for hydroxylation is 2. The maximum atomic E-state index is 8.64. The number of hydrogen-bond acceptors (Lipinski definition) is 6. The molecular formula is C10H16N4O2S. The second-order valence-electron chi connectivity index (χ2n) is 3.97. The molecule has 1 atom stereocenters. The number of morpholine rings is 1. The van der Waals surface area contributed by atoms with Crippen LogP contribution in [0.4, 0.5) is 5.13 Å². The first-order valence-corrected chi connectivity index (χ1v) is 6.21. The van der Waals surface area contributed by atoms with E-state index >= 15 is 0 Å². The summed E-state index contributed by atoms with van der Waals surface area (Å²) in [5.74, 6) is 0.111. The minimum atomic E-state index is -0.363. The molecule has 1 aromatic heterocycles. The average Bonchev–Trinajstić information content (AvgIpc) is 2.69. The predicted molar refractivity (Wildman–Crippen MR) is 66.9 cm³/mol. The standard InChI is InChI=1S/C10H16N4O2S/c1-6-7(2)17-10(12-6)14-3-4-16-8(5-14)9(11)13-15/h8,15H,3-5H2,1-2H3,(H2,11,13). The SMILES string of the molecule is Cc1nc(N2CCOC(C(N)=NO)C2)sc1C. The first kappa shape index (κ1) is 12.1. The molecule has 2 rings (SSSR count). The summed E-state index contributed by atoms with van der Waals surface area (Å²) >= 11 is 1.66. The van der Waals surface area contributed by atoms with Crippen LogP contribution >= 0.6 is 11.3 Å². The van der Waals surface area contributed by atoms with Gasteiger partial charge in [0.2, 0.25) is 0 Å². The Kier molecular flexibility index (Phi) is 3.49. The van der Waals surface area contributed by atoms with Crippen LogP contribution in [-0.2, 0) is 4.74 Å². The molecule has 1 aliphatic rings. The van der Waals surface area contributed by atoms with Crippen molar-refractivity contribution in [2.45, 2.75) is 20.0 Å². The predicted octanol–water partition coefficient (Wildman–Crippen LogP) is 0.712. The van der Waals surface area contributed by atoms with Crippen LogP contribution in [0.2, 0.25) is 0 Å². The van der Waals surface area contributed by atoms with Crippen molar-refractivity contribution in [2.24, 2.45) is 10.9 Å². The molecule has 3 N–H and O–H groups in total. The van der Waals surface area contributed by atoms with E-state index in [1.807, 2.05) is 6.92 Å². The van der Waals surface area contributed by atoms with Gasteiger partial charge >= 0.3 is 0 Å². The molecule has 2 heterocycles. The molecule has 1 aliphatic heterocycles. The summed E-state index contributed by atoms with van der Waals surface area (Å²) in [6.45, 7) is 5.96. The Balaban J connectivity index is 2.12. The smallest absolute Gasteiger partial charge is 0.185 e. The van der Waals surface area contributed by atoms with Crippen molar-refractivity contribution in [2.75, 3.05) is 24.6 Å². The molecule has 17 heavy (non-hydrogen) atoms. The zero-order valence-electron chi connectivity index (χ0n) is 9.88. The minimum Gasteiger partial charge on any atom is -0.409 e. The first-order chi connectivity index (χ1) is 8.11. The van der Waals surface area contributed by atoms with Crippen molar-refractivity contribution < 1.29 is 9.94 Å². The summed E-state index contributed by atoms with van der Waals surface area (Å²) in [5, 5.41) is 12.6. The second kappa shape index (κ2) is 4.89. The molecule has 0 bridgehead atoms. The van der Waals surface area contributed by atoms with Crippen LogP contribution in [0.25, 0.3) is 0 Å².